The first-order chi connectivity index (χ1) is 11.6. The predicted molar refractivity (Wildman–Crippen MR) is 93.0 cm³/mol. The van der Waals surface area contributed by atoms with Gasteiger partial charge in [0, 0.05) is 48.7 Å². The summed E-state index contributed by atoms with van der Waals surface area (Å²) in [4.78, 5) is 31.7. The van der Waals surface area contributed by atoms with Crippen molar-refractivity contribution in [3.05, 3.63) is 58.9 Å². The number of carbonyl (C=O) groups is 2. The summed E-state index contributed by atoms with van der Waals surface area (Å²) in [5.41, 5.74) is 1.55. The second-order valence-corrected chi connectivity index (χ2v) is 6.34. The van der Waals surface area contributed by atoms with Gasteiger partial charge in [-0.3, -0.25) is 9.59 Å². The van der Waals surface area contributed by atoms with Crippen molar-refractivity contribution in [1.29, 1.82) is 0 Å². The molecule has 0 radical (unpaired) electrons. The van der Waals surface area contributed by atoms with E-state index in [-0.39, 0.29) is 11.8 Å². The molecule has 5 nitrogen and oxygen atoms in total. The lowest BCUT2D eigenvalue weighted by Crippen LogP contribution is -2.38. The van der Waals surface area contributed by atoms with Crippen LogP contribution in [0.4, 0.5) is 0 Å². The van der Waals surface area contributed by atoms with E-state index in [1.807, 2.05) is 28.1 Å². The van der Waals surface area contributed by atoms with Crippen LogP contribution >= 0.6 is 11.6 Å². The fourth-order valence-electron chi connectivity index (χ4n) is 2.90. The second kappa shape index (κ2) is 7.53. The standard InChI is InChI=1S/C18H20ClN3O2/c19-15-6-4-14(5-7-15)18(24)22-10-2-9-21(11-12-22)17(23)13-16-3-1-8-20-16/h1,3-8,20H,2,9-13H2. The Bertz CT molecular complexity index is 698. The Labute approximate surface area is 146 Å². The minimum Gasteiger partial charge on any atom is -0.365 e. The van der Waals surface area contributed by atoms with Gasteiger partial charge in [0.05, 0.1) is 6.42 Å². The van der Waals surface area contributed by atoms with E-state index in [0.717, 1.165) is 12.1 Å². The average molecular weight is 346 g/mol. The molecule has 0 saturated carbocycles. The molecule has 1 aliphatic rings. The second-order valence-electron chi connectivity index (χ2n) is 5.91. The average Bonchev–Trinajstić information content (AvgIpc) is 2.96. The molecular formula is C18H20ClN3O2. The first-order valence-corrected chi connectivity index (χ1v) is 8.46. The zero-order chi connectivity index (χ0) is 16.9. The Hall–Kier alpha value is -2.27. The summed E-state index contributed by atoms with van der Waals surface area (Å²) in [5.74, 6) is 0.0866. The van der Waals surface area contributed by atoms with Crippen molar-refractivity contribution in [3.8, 4) is 0 Å². The van der Waals surface area contributed by atoms with Gasteiger partial charge in [-0.1, -0.05) is 11.6 Å². The van der Waals surface area contributed by atoms with Crippen molar-refractivity contribution in [1.82, 2.24) is 14.8 Å². The van der Waals surface area contributed by atoms with Gasteiger partial charge < -0.3 is 14.8 Å². The van der Waals surface area contributed by atoms with Crippen LogP contribution in [0.2, 0.25) is 5.02 Å². The zero-order valence-electron chi connectivity index (χ0n) is 13.4. The van der Waals surface area contributed by atoms with Crippen LogP contribution in [0.25, 0.3) is 0 Å². The van der Waals surface area contributed by atoms with Gasteiger partial charge in [-0.05, 0) is 42.8 Å². The highest BCUT2D eigenvalue weighted by Gasteiger charge is 2.23. The van der Waals surface area contributed by atoms with Crippen LogP contribution < -0.4 is 0 Å². The van der Waals surface area contributed by atoms with Crippen LogP contribution in [-0.4, -0.2) is 52.8 Å². The molecule has 6 heteroatoms. The van der Waals surface area contributed by atoms with Crippen LogP contribution in [0.5, 0.6) is 0 Å². The largest absolute Gasteiger partial charge is 0.365 e. The minimum absolute atomic E-state index is 0.00895. The first kappa shape index (κ1) is 16.6. The van der Waals surface area contributed by atoms with Crippen molar-refractivity contribution in [2.24, 2.45) is 0 Å². The fraction of sp³-hybridized carbons (Fsp3) is 0.333. The smallest absolute Gasteiger partial charge is 0.253 e. The molecule has 1 aromatic heterocycles. The number of carbonyl (C=O) groups excluding carboxylic acids is 2. The van der Waals surface area contributed by atoms with E-state index in [2.05, 4.69) is 4.98 Å². The normalized spacial score (nSPS) is 15.2. The monoisotopic (exact) mass is 345 g/mol. The number of nitrogens with zero attached hydrogens (tertiary/aromatic N) is 2. The highest BCUT2D eigenvalue weighted by molar-refractivity contribution is 6.30. The van der Waals surface area contributed by atoms with Crippen LogP contribution in [0.1, 0.15) is 22.5 Å². The van der Waals surface area contributed by atoms with E-state index in [0.29, 0.717) is 43.2 Å². The van der Waals surface area contributed by atoms with E-state index in [1.54, 1.807) is 24.3 Å². The van der Waals surface area contributed by atoms with Gasteiger partial charge in [0.25, 0.3) is 5.91 Å². The molecule has 1 saturated heterocycles. The third-order valence-electron chi connectivity index (χ3n) is 4.23. The Morgan fingerprint density at radius 3 is 2.42 bits per heavy atom. The topological polar surface area (TPSA) is 56.4 Å². The van der Waals surface area contributed by atoms with Gasteiger partial charge in [-0.2, -0.15) is 0 Å². The van der Waals surface area contributed by atoms with E-state index in [4.69, 9.17) is 11.6 Å². The Balaban J connectivity index is 1.59. The number of benzene rings is 1. The number of rotatable bonds is 3. The van der Waals surface area contributed by atoms with E-state index < -0.39 is 0 Å². The summed E-state index contributed by atoms with van der Waals surface area (Å²) in [7, 11) is 0. The molecule has 1 fully saturated rings. The van der Waals surface area contributed by atoms with Crippen LogP contribution in [-0.2, 0) is 11.2 Å². The van der Waals surface area contributed by atoms with Gasteiger partial charge in [0.15, 0.2) is 0 Å². The van der Waals surface area contributed by atoms with Crippen LogP contribution in [0.3, 0.4) is 0 Å². The lowest BCUT2D eigenvalue weighted by atomic mass is 10.2. The highest BCUT2D eigenvalue weighted by Crippen LogP contribution is 2.14. The predicted octanol–water partition coefficient (Wildman–Crippen LogP) is 2.59. The molecule has 0 aliphatic carbocycles. The number of nitrogens with one attached hydrogen (secondary N) is 1. The van der Waals surface area contributed by atoms with Crippen LogP contribution in [0.15, 0.2) is 42.6 Å². The minimum atomic E-state index is -0.00895. The molecule has 24 heavy (non-hydrogen) atoms. The van der Waals surface area contributed by atoms with E-state index >= 15 is 0 Å². The maximum Gasteiger partial charge on any atom is 0.253 e. The molecule has 2 amide bonds. The molecule has 0 unspecified atom stereocenters. The van der Waals surface area contributed by atoms with Gasteiger partial charge in [-0.25, -0.2) is 0 Å². The van der Waals surface area contributed by atoms with Crippen molar-refractivity contribution in [2.45, 2.75) is 12.8 Å². The summed E-state index contributed by atoms with van der Waals surface area (Å²) in [6.07, 6.45) is 2.98. The Morgan fingerprint density at radius 1 is 1.00 bits per heavy atom. The molecule has 0 atom stereocenters. The molecule has 1 aliphatic heterocycles. The van der Waals surface area contributed by atoms with Crippen molar-refractivity contribution < 1.29 is 9.59 Å². The van der Waals surface area contributed by atoms with Gasteiger partial charge in [-0.15, -0.1) is 0 Å². The zero-order valence-corrected chi connectivity index (χ0v) is 14.1. The number of hydrogen-bond donors (Lipinski definition) is 1. The van der Waals surface area contributed by atoms with Crippen molar-refractivity contribution in [2.75, 3.05) is 26.2 Å². The molecular weight excluding hydrogens is 326 g/mol. The lowest BCUT2D eigenvalue weighted by molar-refractivity contribution is -0.130. The number of halogens is 1. The summed E-state index contributed by atoms with van der Waals surface area (Å²) in [5, 5.41) is 0.614. The summed E-state index contributed by atoms with van der Waals surface area (Å²) >= 11 is 5.87. The highest BCUT2D eigenvalue weighted by atomic mass is 35.5. The molecule has 126 valence electrons. The maximum atomic E-state index is 12.6. The number of amides is 2. The SMILES string of the molecule is O=C(Cc1ccc[nH]1)N1CCCN(C(=O)c2ccc(Cl)cc2)CC1. The maximum absolute atomic E-state index is 12.6. The third-order valence-corrected chi connectivity index (χ3v) is 4.48. The Morgan fingerprint density at radius 2 is 1.71 bits per heavy atom. The van der Waals surface area contributed by atoms with Gasteiger partial charge >= 0.3 is 0 Å². The number of aromatic nitrogens is 1. The summed E-state index contributed by atoms with van der Waals surface area (Å²) < 4.78 is 0. The quantitative estimate of drug-likeness (QED) is 0.929. The third kappa shape index (κ3) is 3.97. The molecule has 1 aromatic carbocycles. The molecule has 2 aromatic rings. The van der Waals surface area contributed by atoms with Gasteiger partial charge in [0.2, 0.25) is 5.91 Å². The van der Waals surface area contributed by atoms with Crippen LogP contribution in [0, 0.1) is 0 Å². The van der Waals surface area contributed by atoms with Crippen molar-refractivity contribution in [3.63, 3.8) is 0 Å². The number of aromatic amines is 1. The summed E-state index contributed by atoms with van der Waals surface area (Å²) in [6, 6.07) is 10.7. The van der Waals surface area contributed by atoms with Gasteiger partial charge in [0.1, 0.15) is 0 Å². The number of hydrogen-bond acceptors (Lipinski definition) is 2. The molecule has 2 heterocycles. The fourth-order valence-corrected chi connectivity index (χ4v) is 3.02. The molecule has 0 spiro atoms. The van der Waals surface area contributed by atoms with E-state index in [9.17, 15) is 9.59 Å². The molecule has 1 N–H and O–H groups in total. The van der Waals surface area contributed by atoms with Crippen molar-refractivity contribution >= 4 is 23.4 Å². The van der Waals surface area contributed by atoms with E-state index in [1.165, 1.54) is 0 Å². The lowest BCUT2D eigenvalue weighted by Gasteiger charge is -2.22. The molecule has 0 bridgehead atoms. The molecule has 3 rings (SSSR count). The Kier molecular flexibility index (Phi) is 5.20. The summed E-state index contributed by atoms with van der Waals surface area (Å²) in [6.45, 7) is 2.47. The first-order valence-electron chi connectivity index (χ1n) is 8.08. The number of H-pyrrole nitrogens is 1.